The Morgan fingerprint density at radius 3 is 0.889 bits per heavy atom. The second-order valence-electron chi connectivity index (χ2n) is 13.3. The van der Waals surface area contributed by atoms with Crippen LogP contribution in [0.3, 0.4) is 0 Å². The Balaban J connectivity index is 1.10. The molecule has 9 aromatic rings. The smallest absolute Gasteiger partial charge is 0.164 e. The third-order valence-electron chi connectivity index (χ3n) is 9.80. The molecule has 254 valence electrons. The van der Waals surface area contributed by atoms with Crippen LogP contribution >= 0.6 is 0 Å². The van der Waals surface area contributed by atoms with Crippen LogP contribution in [-0.2, 0) is 0 Å². The fraction of sp³-hybridized carbons (Fsp3) is 0. The van der Waals surface area contributed by atoms with E-state index in [2.05, 4.69) is 200 Å². The lowest BCUT2D eigenvalue weighted by atomic mass is 9.94. The highest BCUT2D eigenvalue weighted by Crippen LogP contribution is 2.35. The highest BCUT2D eigenvalue weighted by atomic mass is 15.0. The molecule has 54 heavy (non-hydrogen) atoms. The van der Waals surface area contributed by atoms with Crippen LogP contribution in [0.4, 0.5) is 0 Å². The van der Waals surface area contributed by atoms with E-state index in [1.54, 1.807) is 0 Å². The minimum absolute atomic E-state index is 0.627. The van der Waals surface area contributed by atoms with Gasteiger partial charge in [0.25, 0.3) is 0 Å². The topological polar surface area (TPSA) is 38.7 Å². The predicted molar refractivity (Wildman–Crippen MR) is 223 cm³/mol. The van der Waals surface area contributed by atoms with Gasteiger partial charge in [0.15, 0.2) is 17.5 Å². The number of hydrogen-bond donors (Lipinski definition) is 0. The van der Waals surface area contributed by atoms with Gasteiger partial charge in [-0.1, -0.05) is 206 Å². The standard InChI is InChI=1S/C51H35N3/c1-4-13-36(14-5-1)38-23-25-40(26-24-38)41-29-33-44(34-30-41)50-52-49(43-31-27-39(28-32-43)37-15-6-2-7-16-37)53-51(54-50)46-20-12-19-45(35-46)48-22-11-10-21-47(48)42-17-8-3-9-18-42/h1-35H. The summed E-state index contributed by atoms with van der Waals surface area (Å²) >= 11 is 0. The van der Waals surface area contributed by atoms with Gasteiger partial charge in [-0.2, -0.15) is 0 Å². The van der Waals surface area contributed by atoms with Crippen LogP contribution in [0.15, 0.2) is 212 Å². The molecule has 0 N–H and O–H groups in total. The van der Waals surface area contributed by atoms with Gasteiger partial charge in [-0.15, -0.1) is 0 Å². The largest absolute Gasteiger partial charge is 0.208 e. The minimum Gasteiger partial charge on any atom is -0.208 e. The second kappa shape index (κ2) is 14.8. The summed E-state index contributed by atoms with van der Waals surface area (Å²) in [6.45, 7) is 0. The third kappa shape index (κ3) is 6.87. The van der Waals surface area contributed by atoms with Crippen molar-refractivity contribution in [2.45, 2.75) is 0 Å². The zero-order valence-corrected chi connectivity index (χ0v) is 29.5. The van der Waals surface area contributed by atoms with Gasteiger partial charge in [0, 0.05) is 16.7 Å². The van der Waals surface area contributed by atoms with E-state index in [1.165, 1.54) is 27.8 Å². The van der Waals surface area contributed by atoms with Crippen molar-refractivity contribution in [3.8, 4) is 89.8 Å². The summed E-state index contributed by atoms with van der Waals surface area (Å²) in [7, 11) is 0. The van der Waals surface area contributed by atoms with Crippen molar-refractivity contribution in [2.75, 3.05) is 0 Å². The predicted octanol–water partition coefficient (Wildman–Crippen LogP) is 13.2. The Morgan fingerprint density at radius 2 is 0.463 bits per heavy atom. The van der Waals surface area contributed by atoms with Gasteiger partial charge in [-0.3, -0.25) is 0 Å². The van der Waals surface area contributed by atoms with Gasteiger partial charge in [0.05, 0.1) is 0 Å². The van der Waals surface area contributed by atoms with Crippen molar-refractivity contribution in [1.82, 2.24) is 15.0 Å². The lowest BCUT2D eigenvalue weighted by molar-refractivity contribution is 1.07. The van der Waals surface area contributed by atoms with Crippen LogP contribution in [0.2, 0.25) is 0 Å². The highest BCUT2D eigenvalue weighted by Gasteiger charge is 2.15. The van der Waals surface area contributed by atoms with E-state index in [9.17, 15) is 0 Å². The van der Waals surface area contributed by atoms with Crippen LogP contribution in [0, 0.1) is 0 Å². The summed E-state index contributed by atoms with van der Waals surface area (Å²) in [6.07, 6.45) is 0. The number of hydrogen-bond acceptors (Lipinski definition) is 3. The Hall–Kier alpha value is -7.23. The van der Waals surface area contributed by atoms with Gasteiger partial charge < -0.3 is 0 Å². The average Bonchev–Trinajstić information content (AvgIpc) is 3.27. The summed E-state index contributed by atoms with van der Waals surface area (Å²) in [5.41, 5.74) is 14.4. The normalized spacial score (nSPS) is 11.0. The molecule has 0 aliphatic carbocycles. The molecule has 1 heterocycles. The number of aromatic nitrogens is 3. The van der Waals surface area contributed by atoms with Crippen molar-refractivity contribution < 1.29 is 0 Å². The molecule has 1 aromatic heterocycles. The van der Waals surface area contributed by atoms with Gasteiger partial charge >= 0.3 is 0 Å². The van der Waals surface area contributed by atoms with Gasteiger partial charge in [-0.05, 0) is 61.7 Å². The second-order valence-corrected chi connectivity index (χ2v) is 13.3. The van der Waals surface area contributed by atoms with Crippen LogP contribution in [0.5, 0.6) is 0 Å². The van der Waals surface area contributed by atoms with Crippen LogP contribution < -0.4 is 0 Å². The van der Waals surface area contributed by atoms with E-state index in [0.29, 0.717) is 17.5 Å². The molecule has 3 nitrogen and oxygen atoms in total. The molecule has 8 aromatic carbocycles. The van der Waals surface area contributed by atoms with E-state index in [-0.39, 0.29) is 0 Å². The lowest BCUT2D eigenvalue weighted by Crippen LogP contribution is -2.00. The molecule has 0 atom stereocenters. The highest BCUT2D eigenvalue weighted by molar-refractivity contribution is 5.85. The van der Waals surface area contributed by atoms with Gasteiger partial charge in [0.2, 0.25) is 0 Å². The van der Waals surface area contributed by atoms with Crippen molar-refractivity contribution in [3.63, 3.8) is 0 Å². The fourth-order valence-corrected chi connectivity index (χ4v) is 6.93. The molecule has 0 saturated carbocycles. The molecule has 0 spiro atoms. The van der Waals surface area contributed by atoms with Crippen LogP contribution in [0.25, 0.3) is 89.8 Å². The van der Waals surface area contributed by atoms with Gasteiger partial charge in [0.1, 0.15) is 0 Å². The summed E-state index contributed by atoms with van der Waals surface area (Å²) in [4.78, 5) is 15.3. The third-order valence-corrected chi connectivity index (χ3v) is 9.80. The lowest BCUT2D eigenvalue weighted by Gasteiger charge is -2.13. The Morgan fingerprint density at radius 1 is 0.185 bits per heavy atom. The molecule has 3 heteroatoms. The first-order valence-corrected chi connectivity index (χ1v) is 18.2. The average molecular weight is 690 g/mol. The van der Waals surface area contributed by atoms with E-state index in [0.717, 1.165) is 44.5 Å². The first kappa shape index (κ1) is 32.7. The maximum absolute atomic E-state index is 5.11. The molecule has 0 unspecified atom stereocenters. The summed E-state index contributed by atoms with van der Waals surface area (Å²) < 4.78 is 0. The van der Waals surface area contributed by atoms with E-state index < -0.39 is 0 Å². The molecular weight excluding hydrogens is 655 g/mol. The number of benzene rings is 8. The minimum atomic E-state index is 0.627. The number of nitrogens with zero attached hydrogens (tertiary/aromatic N) is 3. The van der Waals surface area contributed by atoms with Gasteiger partial charge in [-0.25, -0.2) is 15.0 Å². The Labute approximate surface area is 316 Å². The molecular formula is C51H35N3. The molecule has 0 fully saturated rings. The molecule has 0 aliphatic rings. The van der Waals surface area contributed by atoms with Crippen LogP contribution in [-0.4, -0.2) is 15.0 Å². The van der Waals surface area contributed by atoms with Crippen molar-refractivity contribution >= 4 is 0 Å². The molecule has 0 radical (unpaired) electrons. The molecule has 0 amide bonds. The molecule has 0 bridgehead atoms. The zero-order chi connectivity index (χ0) is 36.1. The van der Waals surface area contributed by atoms with E-state index >= 15 is 0 Å². The summed E-state index contributed by atoms with van der Waals surface area (Å²) in [6, 6.07) is 74.1. The molecule has 0 aliphatic heterocycles. The van der Waals surface area contributed by atoms with E-state index in [1.807, 2.05) is 12.1 Å². The molecule has 0 saturated heterocycles. The first-order chi connectivity index (χ1) is 26.7. The Kier molecular flexibility index (Phi) is 8.94. The maximum Gasteiger partial charge on any atom is 0.164 e. The summed E-state index contributed by atoms with van der Waals surface area (Å²) in [5.74, 6) is 1.88. The summed E-state index contributed by atoms with van der Waals surface area (Å²) in [5, 5.41) is 0. The monoisotopic (exact) mass is 689 g/mol. The first-order valence-electron chi connectivity index (χ1n) is 18.2. The zero-order valence-electron chi connectivity index (χ0n) is 29.5. The molecule has 9 rings (SSSR count). The van der Waals surface area contributed by atoms with Crippen LogP contribution in [0.1, 0.15) is 0 Å². The SMILES string of the molecule is c1ccc(-c2ccc(-c3ccc(-c4nc(-c5ccc(-c6ccccc6)cc5)nc(-c5cccc(-c6ccccc6-c6ccccc6)c5)n4)cc3)cc2)cc1. The quantitative estimate of drug-likeness (QED) is 0.159. The van der Waals surface area contributed by atoms with Crippen molar-refractivity contribution in [1.29, 1.82) is 0 Å². The maximum atomic E-state index is 5.11. The van der Waals surface area contributed by atoms with Crippen molar-refractivity contribution in [3.05, 3.63) is 212 Å². The van der Waals surface area contributed by atoms with E-state index in [4.69, 9.17) is 15.0 Å². The van der Waals surface area contributed by atoms with Crippen molar-refractivity contribution in [2.24, 2.45) is 0 Å². The fourth-order valence-electron chi connectivity index (χ4n) is 6.93. The Bertz CT molecular complexity index is 2650. The number of rotatable bonds is 8.